The second-order valence-corrected chi connectivity index (χ2v) is 29.9. The molecule has 106 heavy (non-hydrogen) atoms. The molecule has 0 saturated heterocycles. The number of allylic oxidation sites excluding steroid dienone is 24. The SMILES string of the molecule is CC/C=C\C/C=C\C/C=C\C/C=C\C/C=C\CCCCCC(=O)O[C@H](COC(=O)CCCCCCC/C=C\C/C=C\CCCCC)COP(=O)(O)OC[C@H](O)COP(=O)(O)OC[C@@H](COC(=O)CC/C=C\C/C=C\C/C=C\C/C=C\C/C=C\CCCCC)OC(=O)CCCCCCCCCCCCCCC. The van der Waals surface area contributed by atoms with E-state index in [9.17, 15) is 43.2 Å². The van der Waals surface area contributed by atoms with Crippen molar-refractivity contribution in [3.63, 3.8) is 0 Å². The highest BCUT2D eigenvalue weighted by atomic mass is 31.2. The van der Waals surface area contributed by atoms with Gasteiger partial charge in [0.1, 0.15) is 19.3 Å². The number of unbranched alkanes of at least 4 members (excludes halogenated alkanes) is 26. The van der Waals surface area contributed by atoms with Gasteiger partial charge in [0.2, 0.25) is 0 Å². The minimum Gasteiger partial charge on any atom is -0.462 e. The molecule has 0 heterocycles. The highest BCUT2D eigenvalue weighted by molar-refractivity contribution is 7.47. The highest BCUT2D eigenvalue weighted by Crippen LogP contribution is 2.45. The van der Waals surface area contributed by atoms with Crippen LogP contribution in [0.25, 0.3) is 0 Å². The van der Waals surface area contributed by atoms with Crippen molar-refractivity contribution in [2.24, 2.45) is 0 Å². The monoisotopic (exact) mass is 1530 g/mol. The number of aliphatic hydroxyl groups is 1. The summed E-state index contributed by atoms with van der Waals surface area (Å²) in [7, 11) is -10.00. The van der Waals surface area contributed by atoms with Crippen LogP contribution in [0.2, 0.25) is 0 Å². The lowest BCUT2D eigenvalue weighted by Gasteiger charge is -2.21. The molecule has 3 N–H and O–H groups in total. The molecule has 0 aromatic rings. The normalized spacial score (nSPS) is 14.6. The molecular formula is C87H146O17P2. The minimum atomic E-state index is -5.00. The molecule has 19 heteroatoms. The van der Waals surface area contributed by atoms with Crippen molar-refractivity contribution >= 4 is 39.5 Å². The van der Waals surface area contributed by atoms with Gasteiger partial charge in [-0.15, -0.1) is 0 Å². The molecule has 0 rings (SSSR count). The standard InChI is InChI=1S/C87H146O17P2/c1-5-9-13-17-21-25-29-33-36-38-40-42-45-49-52-56-60-64-68-72-85(90)98-77-82(103-86(91)73-69-65-61-57-53-47-32-28-24-20-16-12-8-4)79-101-105(93,94)99-75-81(88)76-100-106(95,96)102-80-83(78-97-84(89)71-67-63-59-55-51-48-44-35-31-27-23-19-15-11-7-3)104-87(92)74-70-66-62-58-54-50-46-43-41-39-37-34-30-26-22-18-14-10-6-2/h10,14,21-23,25-27,33-37,40-44,49-50,52,54,60,64,81-83,88H,5-9,11-13,15-20,24,28-32,38-39,45-48,51,53,55-59,61-63,65-80H2,1-4H3,(H,93,94)(H,95,96)/b14-10-,25-21-,26-22-,27-23-,36-33-,37-34-,42-40-,43-41-,44-35-,52-49-,54-50-,64-60-/t81-,82-,83-/m1/s1. The number of carbonyl (C=O) groups is 4. The van der Waals surface area contributed by atoms with E-state index in [-0.39, 0.29) is 25.7 Å². The largest absolute Gasteiger partial charge is 0.472 e. The lowest BCUT2D eigenvalue weighted by molar-refractivity contribution is -0.161. The van der Waals surface area contributed by atoms with Crippen LogP contribution in [0.3, 0.4) is 0 Å². The maximum atomic E-state index is 13.1. The number of esters is 4. The predicted octanol–water partition coefficient (Wildman–Crippen LogP) is 24.2. The third-order valence-electron chi connectivity index (χ3n) is 16.8. The Morgan fingerprint density at radius 3 is 0.840 bits per heavy atom. The third kappa shape index (κ3) is 77.1. The van der Waals surface area contributed by atoms with Crippen LogP contribution in [-0.4, -0.2) is 96.7 Å². The van der Waals surface area contributed by atoms with Crippen molar-refractivity contribution in [3.8, 4) is 0 Å². The second kappa shape index (κ2) is 78.1. The lowest BCUT2D eigenvalue weighted by Crippen LogP contribution is -2.30. The Morgan fingerprint density at radius 2 is 0.509 bits per heavy atom. The molecule has 2 unspecified atom stereocenters. The Labute approximate surface area is 643 Å². The summed E-state index contributed by atoms with van der Waals surface area (Å²) in [4.78, 5) is 73.1. The highest BCUT2D eigenvalue weighted by Gasteiger charge is 2.30. The average molecular weight is 1530 g/mol. The maximum absolute atomic E-state index is 13.1. The number of phosphoric ester groups is 2. The number of ether oxygens (including phenoxy) is 4. The Kier molecular flexibility index (Phi) is 74.3. The first-order chi connectivity index (χ1) is 51.7. The fraction of sp³-hybridized carbons (Fsp3) is 0.678. The molecule has 0 aliphatic rings. The van der Waals surface area contributed by atoms with Crippen molar-refractivity contribution < 1.29 is 80.2 Å². The molecule has 0 fully saturated rings. The van der Waals surface area contributed by atoms with E-state index in [2.05, 4.69) is 161 Å². The summed E-state index contributed by atoms with van der Waals surface area (Å²) in [6.07, 6.45) is 89.8. The molecule has 0 aromatic heterocycles. The van der Waals surface area contributed by atoms with Crippen LogP contribution >= 0.6 is 15.6 Å². The molecule has 0 spiro atoms. The van der Waals surface area contributed by atoms with Crippen molar-refractivity contribution in [3.05, 3.63) is 146 Å². The molecule has 606 valence electrons. The summed E-state index contributed by atoms with van der Waals surface area (Å²) in [6, 6.07) is 0. The van der Waals surface area contributed by atoms with Crippen LogP contribution in [0.15, 0.2) is 146 Å². The van der Waals surface area contributed by atoms with Crippen molar-refractivity contribution in [2.45, 2.75) is 341 Å². The molecular weight excluding hydrogens is 1380 g/mol. The zero-order valence-corrected chi connectivity index (χ0v) is 68.1. The molecule has 5 atom stereocenters. The quantitative estimate of drug-likeness (QED) is 0.0169. The molecule has 0 aliphatic heterocycles. The van der Waals surface area contributed by atoms with Gasteiger partial charge in [0.25, 0.3) is 0 Å². The van der Waals surface area contributed by atoms with E-state index in [1.807, 2.05) is 12.2 Å². The van der Waals surface area contributed by atoms with Gasteiger partial charge in [-0.1, -0.05) is 302 Å². The molecule has 0 aromatic carbocycles. The predicted molar refractivity (Wildman–Crippen MR) is 436 cm³/mol. The van der Waals surface area contributed by atoms with Gasteiger partial charge < -0.3 is 33.8 Å². The molecule has 0 saturated carbocycles. The molecule has 0 radical (unpaired) electrons. The second-order valence-electron chi connectivity index (χ2n) is 27.0. The number of hydrogen-bond donors (Lipinski definition) is 3. The summed E-state index contributed by atoms with van der Waals surface area (Å²) < 4.78 is 68.6. The molecule has 0 bridgehead atoms. The molecule has 0 amide bonds. The first kappa shape index (κ1) is 101. The van der Waals surface area contributed by atoms with Gasteiger partial charge >= 0.3 is 39.5 Å². The molecule has 0 aliphatic carbocycles. The fourth-order valence-corrected chi connectivity index (χ4v) is 12.1. The Hall–Kier alpha value is -5.06. The number of carbonyl (C=O) groups excluding carboxylic acids is 4. The fourth-order valence-electron chi connectivity index (χ4n) is 10.6. The summed E-state index contributed by atoms with van der Waals surface area (Å²) in [6.45, 7) is 4.58. The van der Waals surface area contributed by atoms with Crippen LogP contribution in [0.5, 0.6) is 0 Å². The van der Waals surface area contributed by atoms with Crippen LogP contribution in [0.4, 0.5) is 0 Å². The van der Waals surface area contributed by atoms with Gasteiger partial charge in [0.15, 0.2) is 12.2 Å². The van der Waals surface area contributed by atoms with Crippen LogP contribution in [-0.2, 0) is 65.4 Å². The van der Waals surface area contributed by atoms with Crippen LogP contribution in [0, 0.1) is 0 Å². The Morgan fingerprint density at radius 1 is 0.274 bits per heavy atom. The van der Waals surface area contributed by atoms with Crippen molar-refractivity contribution in [1.29, 1.82) is 0 Å². The summed E-state index contributed by atoms with van der Waals surface area (Å²) in [5.74, 6) is -2.32. The van der Waals surface area contributed by atoms with Crippen LogP contribution < -0.4 is 0 Å². The van der Waals surface area contributed by atoms with E-state index in [1.165, 1.54) is 89.9 Å². The van der Waals surface area contributed by atoms with Gasteiger partial charge in [-0.2, -0.15) is 0 Å². The van der Waals surface area contributed by atoms with Gasteiger partial charge in [0, 0.05) is 25.7 Å². The van der Waals surface area contributed by atoms with Crippen LogP contribution in [0.1, 0.15) is 323 Å². The van der Waals surface area contributed by atoms with E-state index >= 15 is 0 Å². The smallest absolute Gasteiger partial charge is 0.462 e. The Balaban J connectivity index is 5.46. The van der Waals surface area contributed by atoms with Gasteiger partial charge in [0.05, 0.1) is 26.4 Å². The van der Waals surface area contributed by atoms with Crippen molar-refractivity contribution in [2.75, 3.05) is 39.6 Å². The lowest BCUT2D eigenvalue weighted by atomic mass is 10.0. The van der Waals surface area contributed by atoms with Gasteiger partial charge in [-0.3, -0.25) is 37.3 Å². The number of aliphatic hydroxyl groups excluding tert-OH is 1. The number of rotatable bonds is 76. The van der Waals surface area contributed by atoms with E-state index in [0.29, 0.717) is 32.1 Å². The maximum Gasteiger partial charge on any atom is 0.472 e. The van der Waals surface area contributed by atoms with E-state index in [1.54, 1.807) is 0 Å². The zero-order chi connectivity index (χ0) is 77.4. The first-order valence-corrected chi connectivity index (χ1v) is 44.1. The van der Waals surface area contributed by atoms with E-state index < -0.39 is 97.5 Å². The Bertz CT molecular complexity index is 2580. The topological polar surface area (TPSA) is 237 Å². The summed E-state index contributed by atoms with van der Waals surface area (Å²) >= 11 is 0. The van der Waals surface area contributed by atoms with Crippen molar-refractivity contribution in [1.82, 2.24) is 0 Å². The number of phosphoric acid groups is 2. The minimum absolute atomic E-state index is 0.0358. The summed E-state index contributed by atoms with van der Waals surface area (Å²) in [5, 5.41) is 10.6. The first-order valence-electron chi connectivity index (χ1n) is 41.1. The third-order valence-corrected chi connectivity index (χ3v) is 18.7. The van der Waals surface area contributed by atoms with Gasteiger partial charge in [-0.25, -0.2) is 9.13 Å². The van der Waals surface area contributed by atoms with E-state index in [0.717, 1.165) is 148 Å². The van der Waals surface area contributed by atoms with Gasteiger partial charge in [-0.05, 0) is 141 Å². The summed E-state index contributed by atoms with van der Waals surface area (Å²) in [5.41, 5.74) is 0. The molecule has 17 nitrogen and oxygen atoms in total. The average Bonchev–Trinajstić information content (AvgIpc) is 0.901. The zero-order valence-electron chi connectivity index (χ0n) is 66.3. The number of hydrogen-bond acceptors (Lipinski definition) is 15. The van der Waals surface area contributed by atoms with E-state index in [4.69, 9.17) is 37.0 Å².